The van der Waals surface area contributed by atoms with Crippen LogP contribution in [-0.4, -0.2) is 23.8 Å². The molecule has 12 heavy (non-hydrogen) atoms. The number of ether oxygens (including phenoxy) is 1. The molecule has 0 aliphatic heterocycles. The van der Waals surface area contributed by atoms with E-state index < -0.39 is 0 Å². The van der Waals surface area contributed by atoms with Crippen LogP contribution in [0.3, 0.4) is 0 Å². The van der Waals surface area contributed by atoms with Gasteiger partial charge in [0.2, 0.25) is 0 Å². The standard InChI is InChI=1S/C9H18O3/c1-4-5-8(6-10)9(11)12-7(2)3/h7-8,10H,4-6H2,1-3H3. The Morgan fingerprint density at radius 2 is 2.08 bits per heavy atom. The molecule has 0 aliphatic rings. The Kier molecular flexibility index (Phi) is 5.72. The molecule has 0 fully saturated rings. The Hall–Kier alpha value is -0.570. The lowest BCUT2D eigenvalue weighted by atomic mass is 10.1. The van der Waals surface area contributed by atoms with Gasteiger partial charge in [-0.05, 0) is 20.3 Å². The number of esters is 1. The van der Waals surface area contributed by atoms with Crippen molar-refractivity contribution in [3.8, 4) is 0 Å². The Bertz CT molecular complexity index is 132. The van der Waals surface area contributed by atoms with E-state index in [9.17, 15) is 4.79 Å². The maximum atomic E-state index is 11.2. The molecule has 0 saturated carbocycles. The van der Waals surface area contributed by atoms with Gasteiger partial charge in [0.25, 0.3) is 0 Å². The molecule has 0 aromatic heterocycles. The van der Waals surface area contributed by atoms with E-state index in [0.29, 0.717) is 6.42 Å². The zero-order chi connectivity index (χ0) is 9.56. The molecular formula is C9H18O3. The highest BCUT2D eigenvalue weighted by molar-refractivity contribution is 5.72. The van der Waals surface area contributed by atoms with Gasteiger partial charge in [-0.2, -0.15) is 0 Å². The molecule has 3 heteroatoms. The lowest BCUT2D eigenvalue weighted by Gasteiger charge is -2.14. The molecule has 0 aliphatic carbocycles. The predicted octanol–water partition coefficient (Wildman–Crippen LogP) is 1.35. The summed E-state index contributed by atoms with van der Waals surface area (Å²) in [6, 6.07) is 0. The molecular weight excluding hydrogens is 156 g/mol. The Morgan fingerprint density at radius 1 is 1.50 bits per heavy atom. The largest absolute Gasteiger partial charge is 0.463 e. The Labute approximate surface area is 73.7 Å². The Balaban J connectivity index is 3.85. The van der Waals surface area contributed by atoms with Gasteiger partial charge in [-0.1, -0.05) is 13.3 Å². The second-order valence-corrected chi connectivity index (χ2v) is 3.15. The van der Waals surface area contributed by atoms with Gasteiger partial charge >= 0.3 is 5.97 Å². The highest BCUT2D eigenvalue weighted by Gasteiger charge is 2.18. The number of hydrogen-bond donors (Lipinski definition) is 1. The summed E-state index contributed by atoms with van der Waals surface area (Å²) in [5.74, 6) is -0.619. The topological polar surface area (TPSA) is 46.5 Å². The summed E-state index contributed by atoms with van der Waals surface area (Å²) in [6.45, 7) is 5.47. The van der Waals surface area contributed by atoms with Crippen molar-refractivity contribution in [3.63, 3.8) is 0 Å². The van der Waals surface area contributed by atoms with Crippen molar-refractivity contribution in [2.24, 2.45) is 5.92 Å². The molecule has 1 N–H and O–H groups in total. The number of hydrogen-bond acceptors (Lipinski definition) is 3. The van der Waals surface area contributed by atoms with Crippen LogP contribution in [0.5, 0.6) is 0 Å². The molecule has 0 bridgehead atoms. The van der Waals surface area contributed by atoms with Crippen molar-refractivity contribution in [1.82, 2.24) is 0 Å². The summed E-state index contributed by atoms with van der Waals surface area (Å²) in [5.41, 5.74) is 0. The summed E-state index contributed by atoms with van der Waals surface area (Å²) in [4.78, 5) is 11.2. The minimum atomic E-state index is -0.336. The average molecular weight is 174 g/mol. The first-order chi connectivity index (χ1) is 5.61. The second-order valence-electron chi connectivity index (χ2n) is 3.15. The van der Waals surface area contributed by atoms with Gasteiger partial charge in [0.05, 0.1) is 18.6 Å². The SMILES string of the molecule is CCCC(CO)C(=O)OC(C)C. The fourth-order valence-electron chi connectivity index (χ4n) is 0.961. The maximum absolute atomic E-state index is 11.2. The van der Waals surface area contributed by atoms with Gasteiger partial charge in [0.15, 0.2) is 0 Å². The third-order valence-electron chi connectivity index (χ3n) is 1.54. The summed E-state index contributed by atoms with van der Waals surface area (Å²) in [7, 11) is 0. The van der Waals surface area contributed by atoms with Crippen molar-refractivity contribution in [2.75, 3.05) is 6.61 Å². The van der Waals surface area contributed by atoms with E-state index in [-0.39, 0.29) is 24.6 Å². The van der Waals surface area contributed by atoms with Crippen molar-refractivity contribution < 1.29 is 14.6 Å². The van der Waals surface area contributed by atoms with Crippen LogP contribution in [0, 0.1) is 5.92 Å². The number of rotatable bonds is 5. The molecule has 1 atom stereocenters. The van der Waals surface area contributed by atoms with Crippen LogP contribution in [0.25, 0.3) is 0 Å². The molecule has 72 valence electrons. The molecule has 0 aromatic rings. The quantitative estimate of drug-likeness (QED) is 0.640. The highest BCUT2D eigenvalue weighted by Crippen LogP contribution is 2.08. The van der Waals surface area contributed by atoms with E-state index in [0.717, 1.165) is 6.42 Å². The van der Waals surface area contributed by atoms with Gasteiger partial charge in [0, 0.05) is 0 Å². The summed E-state index contributed by atoms with van der Waals surface area (Å²) in [6.07, 6.45) is 1.49. The first-order valence-corrected chi connectivity index (χ1v) is 4.43. The third-order valence-corrected chi connectivity index (χ3v) is 1.54. The maximum Gasteiger partial charge on any atom is 0.311 e. The summed E-state index contributed by atoms with van der Waals surface area (Å²) >= 11 is 0. The van der Waals surface area contributed by atoms with Gasteiger partial charge in [-0.3, -0.25) is 4.79 Å². The third kappa shape index (κ3) is 4.34. The van der Waals surface area contributed by atoms with Crippen molar-refractivity contribution >= 4 is 5.97 Å². The fourth-order valence-corrected chi connectivity index (χ4v) is 0.961. The lowest BCUT2D eigenvalue weighted by molar-refractivity contribution is -0.154. The number of carbonyl (C=O) groups is 1. The van der Waals surface area contributed by atoms with Crippen molar-refractivity contribution in [2.45, 2.75) is 39.7 Å². The van der Waals surface area contributed by atoms with E-state index in [4.69, 9.17) is 9.84 Å². The van der Waals surface area contributed by atoms with Gasteiger partial charge < -0.3 is 9.84 Å². The molecule has 0 rings (SSSR count). The van der Waals surface area contributed by atoms with Crippen LogP contribution in [0.1, 0.15) is 33.6 Å². The molecule has 0 spiro atoms. The highest BCUT2D eigenvalue weighted by atomic mass is 16.5. The molecule has 1 unspecified atom stereocenters. The first-order valence-electron chi connectivity index (χ1n) is 4.43. The minimum absolute atomic E-state index is 0.0941. The van der Waals surface area contributed by atoms with Crippen LogP contribution in [0.4, 0.5) is 0 Å². The zero-order valence-corrected chi connectivity index (χ0v) is 8.04. The van der Waals surface area contributed by atoms with Crippen LogP contribution in [-0.2, 0) is 9.53 Å². The van der Waals surface area contributed by atoms with E-state index in [1.165, 1.54) is 0 Å². The molecule has 0 saturated heterocycles. The molecule has 0 radical (unpaired) electrons. The van der Waals surface area contributed by atoms with Gasteiger partial charge in [-0.15, -0.1) is 0 Å². The smallest absolute Gasteiger partial charge is 0.311 e. The van der Waals surface area contributed by atoms with Gasteiger partial charge in [-0.25, -0.2) is 0 Å². The van der Waals surface area contributed by atoms with Crippen molar-refractivity contribution in [1.29, 1.82) is 0 Å². The van der Waals surface area contributed by atoms with E-state index in [1.54, 1.807) is 13.8 Å². The number of aliphatic hydroxyl groups excluding tert-OH is 1. The molecule has 0 aromatic carbocycles. The Morgan fingerprint density at radius 3 is 2.42 bits per heavy atom. The van der Waals surface area contributed by atoms with Crippen molar-refractivity contribution in [3.05, 3.63) is 0 Å². The predicted molar refractivity (Wildman–Crippen MR) is 46.7 cm³/mol. The lowest BCUT2D eigenvalue weighted by Crippen LogP contribution is -2.23. The van der Waals surface area contributed by atoms with Crippen LogP contribution < -0.4 is 0 Å². The van der Waals surface area contributed by atoms with Crippen LogP contribution in [0.15, 0.2) is 0 Å². The van der Waals surface area contributed by atoms with Crippen LogP contribution in [0.2, 0.25) is 0 Å². The minimum Gasteiger partial charge on any atom is -0.463 e. The zero-order valence-electron chi connectivity index (χ0n) is 8.04. The fraction of sp³-hybridized carbons (Fsp3) is 0.889. The normalized spacial score (nSPS) is 13.1. The monoisotopic (exact) mass is 174 g/mol. The van der Waals surface area contributed by atoms with E-state index in [1.807, 2.05) is 6.92 Å². The van der Waals surface area contributed by atoms with Crippen LogP contribution >= 0.6 is 0 Å². The number of aliphatic hydroxyl groups is 1. The second kappa shape index (κ2) is 6.00. The van der Waals surface area contributed by atoms with Gasteiger partial charge in [0.1, 0.15) is 0 Å². The summed E-state index contributed by atoms with van der Waals surface area (Å²) in [5, 5.41) is 8.84. The molecule has 3 nitrogen and oxygen atoms in total. The first kappa shape index (κ1) is 11.4. The molecule has 0 amide bonds. The number of carbonyl (C=O) groups excluding carboxylic acids is 1. The average Bonchev–Trinajstić information content (AvgIpc) is 1.98. The summed E-state index contributed by atoms with van der Waals surface area (Å²) < 4.78 is 4.96. The molecule has 0 heterocycles. The van der Waals surface area contributed by atoms with E-state index >= 15 is 0 Å². The van der Waals surface area contributed by atoms with E-state index in [2.05, 4.69) is 0 Å².